The zero-order chi connectivity index (χ0) is 27.0. The molecule has 0 aliphatic rings. The highest BCUT2D eigenvalue weighted by Gasteiger charge is 2.31. The van der Waals surface area contributed by atoms with Crippen molar-refractivity contribution < 1.29 is 31.8 Å². The highest BCUT2D eigenvalue weighted by molar-refractivity contribution is 6.11. The number of alkyl halides is 4. The highest BCUT2D eigenvalue weighted by Crippen LogP contribution is 2.41. The zero-order valence-corrected chi connectivity index (χ0v) is 19.8. The van der Waals surface area contributed by atoms with Gasteiger partial charge in [-0.1, -0.05) is 62.2 Å². The van der Waals surface area contributed by atoms with Crippen LogP contribution in [0.15, 0.2) is 46.6 Å². The number of carbonyl (C=O) groups excluding carboxylic acids is 1. The highest BCUT2D eigenvalue weighted by atomic mass is 19.3. The molecule has 0 aromatic heterocycles. The van der Waals surface area contributed by atoms with Crippen LogP contribution in [0.1, 0.15) is 66.8 Å². The number of halogens is 4. The third-order valence-electron chi connectivity index (χ3n) is 5.26. The molecule has 2 atom stereocenters. The summed E-state index contributed by atoms with van der Waals surface area (Å²) in [6, 6.07) is 5.49. The van der Waals surface area contributed by atoms with Gasteiger partial charge in [0.15, 0.2) is 5.78 Å². The standard InChI is InChI=1S/C23H24F4N6O3/c1-11(2)19(30-32-28)17-13(7-5-9-15(17)35-22(24)25)21(34)14-8-6-10-16(36-23(26)27)18(14)20(12(3)4)31-33-29/h5-12,19-20,22-23H,1-4H3. The summed E-state index contributed by atoms with van der Waals surface area (Å²) in [5.74, 6) is -2.40. The van der Waals surface area contributed by atoms with Crippen LogP contribution in [-0.2, 0) is 0 Å². The fourth-order valence-electron chi connectivity index (χ4n) is 3.80. The number of carbonyl (C=O) groups is 1. The van der Waals surface area contributed by atoms with Gasteiger partial charge in [-0.25, -0.2) is 0 Å². The van der Waals surface area contributed by atoms with Crippen LogP contribution in [0.3, 0.4) is 0 Å². The lowest BCUT2D eigenvalue weighted by Gasteiger charge is -2.25. The first-order valence-corrected chi connectivity index (χ1v) is 10.8. The predicted octanol–water partition coefficient (Wildman–Crippen LogP) is 8.14. The smallest absolute Gasteiger partial charge is 0.387 e. The van der Waals surface area contributed by atoms with Crippen LogP contribution >= 0.6 is 0 Å². The van der Waals surface area contributed by atoms with Crippen molar-refractivity contribution >= 4 is 5.78 Å². The van der Waals surface area contributed by atoms with Crippen LogP contribution in [0.2, 0.25) is 0 Å². The van der Waals surface area contributed by atoms with Crippen LogP contribution in [0.4, 0.5) is 17.6 Å². The summed E-state index contributed by atoms with van der Waals surface area (Å²) in [7, 11) is 0. The first kappa shape index (κ1) is 28.3. The van der Waals surface area contributed by atoms with Gasteiger partial charge >= 0.3 is 13.2 Å². The van der Waals surface area contributed by atoms with Gasteiger partial charge in [0.25, 0.3) is 0 Å². The number of hydrogen-bond acceptors (Lipinski definition) is 5. The molecule has 0 saturated heterocycles. The second kappa shape index (κ2) is 12.7. The molecule has 36 heavy (non-hydrogen) atoms. The molecule has 2 aromatic rings. The van der Waals surface area contributed by atoms with E-state index in [4.69, 9.17) is 11.1 Å². The molecule has 13 heteroatoms. The number of rotatable bonds is 12. The molecule has 0 spiro atoms. The topological polar surface area (TPSA) is 133 Å². The normalized spacial score (nSPS) is 12.8. The van der Waals surface area contributed by atoms with Gasteiger partial charge in [0.05, 0.1) is 12.1 Å². The van der Waals surface area contributed by atoms with E-state index in [0.29, 0.717) is 0 Å². The monoisotopic (exact) mass is 508 g/mol. The number of ketones is 1. The molecule has 0 radical (unpaired) electrons. The van der Waals surface area contributed by atoms with Crippen LogP contribution in [0.25, 0.3) is 20.9 Å². The van der Waals surface area contributed by atoms with Crippen molar-refractivity contribution in [2.45, 2.75) is 53.0 Å². The largest absolute Gasteiger partial charge is 0.435 e. The molecule has 0 fully saturated rings. The van der Waals surface area contributed by atoms with Gasteiger partial charge in [-0.2, -0.15) is 17.6 Å². The van der Waals surface area contributed by atoms with Gasteiger partial charge in [0.1, 0.15) is 11.5 Å². The van der Waals surface area contributed by atoms with Crippen molar-refractivity contribution in [1.29, 1.82) is 0 Å². The molecule has 0 aliphatic heterocycles. The molecular weight excluding hydrogens is 484 g/mol. The van der Waals surface area contributed by atoms with Crippen molar-refractivity contribution in [2.75, 3.05) is 0 Å². The van der Waals surface area contributed by atoms with Gasteiger partial charge in [-0.05, 0) is 35.0 Å². The fourth-order valence-corrected chi connectivity index (χ4v) is 3.80. The van der Waals surface area contributed by atoms with E-state index in [0.717, 1.165) is 0 Å². The molecule has 0 saturated carbocycles. The average molecular weight is 508 g/mol. The van der Waals surface area contributed by atoms with E-state index >= 15 is 0 Å². The van der Waals surface area contributed by atoms with Crippen LogP contribution in [-0.4, -0.2) is 19.0 Å². The molecule has 0 amide bonds. The summed E-state index contributed by atoms with van der Waals surface area (Å²) < 4.78 is 62.0. The maximum atomic E-state index is 13.9. The van der Waals surface area contributed by atoms with Gasteiger partial charge in [-0.15, -0.1) is 0 Å². The minimum Gasteiger partial charge on any atom is -0.435 e. The molecule has 2 aromatic carbocycles. The van der Waals surface area contributed by atoms with Crippen molar-refractivity contribution in [1.82, 2.24) is 0 Å². The number of benzene rings is 2. The Hall–Kier alpha value is -3.95. The van der Waals surface area contributed by atoms with Gasteiger partial charge in [0, 0.05) is 32.1 Å². The quantitative estimate of drug-likeness (QED) is 0.0941. The number of ether oxygens (including phenoxy) is 2. The summed E-state index contributed by atoms with van der Waals surface area (Å²) in [4.78, 5) is 19.4. The molecule has 0 bridgehead atoms. The minimum atomic E-state index is -3.23. The van der Waals surface area contributed by atoms with Crippen LogP contribution in [0, 0.1) is 11.8 Å². The number of azide groups is 2. The summed E-state index contributed by atoms with van der Waals surface area (Å²) >= 11 is 0. The Morgan fingerprint density at radius 2 is 1.11 bits per heavy atom. The Morgan fingerprint density at radius 3 is 1.39 bits per heavy atom. The molecule has 2 unspecified atom stereocenters. The molecule has 9 nitrogen and oxygen atoms in total. The number of nitrogens with zero attached hydrogens (tertiary/aromatic N) is 6. The van der Waals surface area contributed by atoms with E-state index in [2.05, 4.69) is 29.5 Å². The van der Waals surface area contributed by atoms with Gasteiger partial charge in [-0.3, -0.25) is 4.79 Å². The molecule has 192 valence electrons. The first-order valence-electron chi connectivity index (χ1n) is 10.8. The van der Waals surface area contributed by atoms with Crippen molar-refractivity contribution in [3.8, 4) is 11.5 Å². The maximum Gasteiger partial charge on any atom is 0.387 e. The molecule has 0 N–H and O–H groups in total. The Morgan fingerprint density at radius 1 is 0.750 bits per heavy atom. The van der Waals surface area contributed by atoms with Crippen LogP contribution in [0.5, 0.6) is 11.5 Å². The third-order valence-corrected chi connectivity index (χ3v) is 5.26. The van der Waals surface area contributed by atoms with E-state index in [1.165, 1.54) is 36.4 Å². The minimum absolute atomic E-state index is 0.0911. The van der Waals surface area contributed by atoms with Crippen molar-refractivity contribution in [2.24, 2.45) is 22.1 Å². The second-order valence-electron chi connectivity index (χ2n) is 8.31. The Labute approximate surface area is 204 Å². The second-order valence-corrected chi connectivity index (χ2v) is 8.31. The third kappa shape index (κ3) is 6.59. The fraction of sp³-hybridized carbons (Fsp3) is 0.435. The predicted molar refractivity (Wildman–Crippen MR) is 123 cm³/mol. The lowest BCUT2D eigenvalue weighted by atomic mass is 9.85. The lowest BCUT2D eigenvalue weighted by molar-refractivity contribution is -0.0513. The summed E-state index contributed by atoms with van der Waals surface area (Å²) in [6.45, 7) is 0.165. The van der Waals surface area contributed by atoms with E-state index in [9.17, 15) is 22.4 Å². The van der Waals surface area contributed by atoms with Crippen molar-refractivity contribution in [3.63, 3.8) is 0 Å². The van der Waals surface area contributed by atoms with Crippen molar-refractivity contribution in [3.05, 3.63) is 79.5 Å². The zero-order valence-electron chi connectivity index (χ0n) is 19.8. The Kier molecular flexibility index (Phi) is 9.95. The molecule has 0 aliphatic carbocycles. The summed E-state index contributed by atoms with van der Waals surface area (Å²) in [5, 5.41) is 7.37. The Bertz CT molecular complexity index is 1090. The first-order chi connectivity index (χ1) is 17.0. The van der Waals surface area contributed by atoms with E-state index in [1.807, 2.05) is 0 Å². The Balaban J connectivity index is 2.90. The molecule has 2 rings (SSSR count). The molecule has 0 heterocycles. The lowest BCUT2D eigenvalue weighted by Crippen LogP contribution is -2.18. The van der Waals surface area contributed by atoms with E-state index in [1.54, 1.807) is 27.7 Å². The van der Waals surface area contributed by atoms with E-state index < -0.39 is 42.9 Å². The summed E-state index contributed by atoms with van der Waals surface area (Å²) in [5.41, 5.74) is 17.7. The number of hydrogen-bond donors (Lipinski definition) is 0. The van der Waals surface area contributed by atoms with Gasteiger partial charge < -0.3 is 9.47 Å². The van der Waals surface area contributed by atoms with Crippen LogP contribution < -0.4 is 9.47 Å². The van der Waals surface area contributed by atoms with Gasteiger partial charge in [0.2, 0.25) is 0 Å². The summed E-state index contributed by atoms with van der Waals surface area (Å²) in [6.07, 6.45) is 0. The average Bonchev–Trinajstić information content (AvgIpc) is 2.79. The SMILES string of the molecule is CC(C)C(N=[N+]=[N-])c1c(OC(F)F)cccc1C(=O)c1cccc(OC(F)F)c1C(N=[N+]=[N-])C(C)C. The maximum absolute atomic E-state index is 13.9. The molecular formula is C23H24F4N6O3. The van der Waals surface area contributed by atoms with E-state index in [-0.39, 0.29) is 33.8 Å².